The van der Waals surface area contributed by atoms with E-state index in [1.165, 1.54) is 57.8 Å². The number of hydrogen-bond acceptors (Lipinski definition) is 0. The van der Waals surface area contributed by atoms with Gasteiger partial charge in [0.15, 0.2) is 0 Å². The van der Waals surface area contributed by atoms with E-state index in [0.29, 0.717) is 0 Å². The fourth-order valence-corrected chi connectivity index (χ4v) is 3.31. The molecule has 3 atom stereocenters. The summed E-state index contributed by atoms with van der Waals surface area (Å²) in [7, 11) is 0. The summed E-state index contributed by atoms with van der Waals surface area (Å²) in [6.07, 6.45) is 13.2. The second-order valence-corrected chi connectivity index (χ2v) is 5.70. The molecular formula is C15H30. The maximum absolute atomic E-state index is 2.46. The molecular weight excluding hydrogens is 180 g/mol. The van der Waals surface area contributed by atoms with Gasteiger partial charge in [-0.15, -0.1) is 0 Å². The average molecular weight is 210 g/mol. The highest BCUT2D eigenvalue weighted by Gasteiger charge is 2.23. The normalized spacial score (nSPS) is 33.4. The molecule has 0 aromatic carbocycles. The van der Waals surface area contributed by atoms with E-state index in [4.69, 9.17) is 0 Å². The minimum atomic E-state index is 0.986. The first-order chi connectivity index (χ1) is 7.27. The summed E-state index contributed by atoms with van der Waals surface area (Å²) < 4.78 is 0. The molecule has 1 aliphatic carbocycles. The van der Waals surface area contributed by atoms with Crippen LogP contribution in [-0.4, -0.2) is 0 Å². The largest absolute Gasteiger partial charge is 0.0654 e. The SMILES string of the molecule is CCCCC1CCCCC(C)CC1CC. The van der Waals surface area contributed by atoms with E-state index in [-0.39, 0.29) is 0 Å². The lowest BCUT2D eigenvalue weighted by molar-refractivity contribution is 0.204. The molecule has 0 nitrogen and oxygen atoms in total. The minimum Gasteiger partial charge on any atom is -0.0654 e. The van der Waals surface area contributed by atoms with Crippen molar-refractivity contribution >= 4 is 0 Å². The highest BCUT2D eigenvalue weighted by atomic mass is 14.3. The maximum atomic E-state index is 2.46. The van der Waals surface area contributed by atoms with E-state index < -0.39 is 0 Å². The van der Waals surface area contributed by atoms with Gasteiger partial charge in [-0.1, -0.05) is 72.1 Å². The van der Waals surface area contributed by atoms with Gasteiger partial charge in [0.05, 0.1) is 0 Å². The zero-order valence-corrected chi connectivity index (χ0v) is 11.1. The molecule has 1 fully saturated rings. The van der Waals surface area contributed by atoms with Crippen LogP contribution >= 0.6 is 0 Å². The molecule has 1 saturated carbocycles. The van der Waals surface area contributed by atoms with Gasteiger partial charge in [-0.25, -0.2) is 0 Å². The molecule has 3 unspecified atom stereocenters. The Morgan fingerprint density at radius 3 is 2.40 bits per heavy atom. The Labute approximate surface area is 96.8 Å². The summed E-state index contributed by atoms with van der Waals surface area (Å²) in [5, 5.41) is 0. The summed E-state index contributed by atoms with van der Waals surface area (Å²) in [4.78, 5) is 0. The van der Waals surface area contributed by atoms with Crippen molar-refractivity contribution in [3.05, 3.63) is 0 Å². The number of rotatable bonds is 4. The van der Waals surface area contributed by atoms with Gasteiger partial charge in [-0.3, -0.25) is 0 Å². The molecule has 15 heavy (non-hydrogen) atoms. The van der Waals surface area contributed by atoms with E-state index in [2.05, 4.69) is 20.8 Å². The lowest BCUT2D eigenvalue weighted by Gasteiger charge is -2.31. The monoisotopic (exact) mass is 210 g/mol. The highest BCUT2D eigenvalue weighted by Crippen LogP contribution is 2.35. The quantitative estimate of drug-likeness (QED) is 0.581. The Hall–Kier alpha value is 0. The van der Waals surface area contributed by atoms with E-state index in [1.807, 2.05) is 0 Å². The molecule has 1 rings (SSSR count). The Balaban J connectivity index is 2.46. The van der Waals surface area contributed by atoms with Gasteiger partial charge < -0.3 is 0 Å². The first kappa shape index (κ1) is 13.1. The van der Waals surface area contributed by atoms with Gasteiger partial charge in [0.2, 0.25) is 0 Å². The number of unbranched alkanes of at least 4 members (excludes halogenated alkanes) is 1. The Morgan fingerprint density at radius 1 is 1.00 bits per heavy atom. The van der Waals surface area contributed by atoms with Crippen LogP contribution in [0.4, 0.5) is 0 Å². The molecule has 0 heterocycles. The molecule has 0 saturated heterocycles. The Bertz CT molecular complexity index is 148. The topological polar surface area (TPSA) is 0 Å². The van der Waals surface area contributed by atoms with E-state index in [1.54, 1.807) is 0 Å². The first-order valence-corrected chi connectivity index (χ1v) is 7.27. The van der Waals surface area contributed by atoms with Gasteiger partial charge in [0.1, 0.15) is 0 Å². The van der Waals surface area contributed by atoms with E-state index in [9.17, 15) is 0 Å². The fourth-order valence-electron chi connectivity index (χ4n) is 3.31. The van der Waals surface area contributed by atoms with E-state index >= 15 is 0 Å². The molecule has 0 spiro atoms. The van der Waals surface area contributed by atoms with Crippen LogP contribution in [0.3, 0.4) is 0 Å². The van der Waals surface area contributed by atoms with Gasteiger partial charge in [-0.05, 0) is 24.2 Å². The second-order valence-electron chi connectivity index (χ2n) is 5.70. The van der Waals surface area contributed by atoms with Crippen molar-refractivity contribution in [3.63, 3.8) is 0 Å². The van der Waals surface area contributed by atoms with Crippen molar-refractivity contribution in [2.45, 2.75) is 78.6 Å². The maximum Gasteiger partial charge on any atom is -0.0386 e. The zero-order valence-electron chi connectivity index (χ0n) is 11.1. The third kappa shape index (κ3) is 4.57. The van der Waals surface area contributed by atoms with Crippen LogP contribution in [0.5, 0.6) is 0 Å². The average Bonchev–Trinajstić information content (AvgIpc) is 2.22. The molecule has 0 heteroatoms. The van der Waals surface area contributed by atoms with Crippen molar-refractivity contribution in [3.8, 4) is 0 Å². The third-order valence-electron chi connectivity index (χ3n) is 4.35. The number of hydrogen-bond donors (Lipinski definition) is 0. The smallest absolute Gasteiger partial charge is 0.0386 e. The van der Waals surface area contributed by atoms with Crippen LogP contribution in [0.25, 0.3) is 0 Å². The summed E-state index contributed by atoms with van der Waals surface area (Å²) in [5.74, 6) is 3.07. The van der Waals surface area contributed by atoms with Crippen molar-refractivity contribution in [1.82, 2.24) is 0 Å². The van der Waals surface area contributed by atoms with Gasteiger partial charge >= 0.3 is 0 Å². The van der Waals surface area contributed by atoms with Crippen molar-refractivity contribution < 1.29 is 0 Å². The lowest BCUT2D eigenvalue weighted by atomic mass is 9.75. The molecule has 0 N–H and O–H groups in total. The van der Waals surface area contributed by atoms with Gasteiger partial charge in [0.25, 0.3) is 0 Å². The van der Waals surface area contributed by atoms with Crippen molar-refractivity contribution in [1.29, 1.82) is 0 Å². The molecule has 0 radical (unpaired) electrons. The van der Waals surface area contributed by atoms with Crippen LogP contribution < -0.4 is 0 Å². The molecule has 0 amide bonds. The second kappa shape index (κ2) is 7.30. The van der Waals surface area contributed by atoms with Crippen molar-refractivity contribution in [2.75, 3.05) is 0 Å². The highest BCUT2D eigenvalue weighted by molar-refractivity contribution is 4.74. The summed E-state index contributed by atoms with van der Waals surface area (Å²) >= 11 is 0. The predicted octanol–water partition coefficient (Wildman–Crippen LogP) is 5.42. The molecule has 0 aliphatic heterocycles. The third-order valence-corrected chi connectivity index (χ3v) is 4.35. The zero-order chi connectivity index (χ0) is 11.1. The molecule has 0 aromatic rings. The molecule has 0 bridgehead atoms. The Kier molecular flexibility index (Phi) is 6.36. The molecule has 90 valence electrons. The minimum absolute atomic E-state index is 0.986. The van der Waals surface area contributed by atoms with Crippen LogP contribution in [-0.2, 0) is 0 Å². The van der Waals surface area contributed by atoms with Crippen LogP contribution in [0.2, 0.25) is 0 Å². The van der Waals surface area contributed by atoms with Crippen molar-refractivity contribution in [2.24, 2.45) is 17.8 Å². The summed E-state index contributed by atoms with van der Waals surface area (Å²) in [6, 6.07) is 0. The molecule has 1 aliphatic rings. The summed E-state index contributed by atoms with van der Waals surface area (Å²) in [6.45, 7) is 7.19. The van der Waals surface area contributed by atoms with Crippen LogP contribution in [0.1, 0.15) is 78.6 Å². The van der Waals surface area contributed by atoms with E-state index in [0.717, 1.165) is 17.8 Å². The Morgan fingerprint density at radius 2 is 1.73 bits per heavy atom. The standard InChI is InChI=1S/C15H30/c1-4-6-10-15-11-8-7-9-13(3)12-14(15)5-2/h13-15H,4-12H2,1-3H3. The van der Waals surface area contributed by atoms with Gasteiger partial charge in [0, 0.05) is 0 Å². The summed E-state index contributed by atoms with van der Waals surface area (Å²) in [5.41, 5.74) is 0. The predicted molar refractivity (Wildman–Crippen MR) is 69.0 cm³/mol. The van der Waals surface area contributed by atoms with Crippen LogP contribution in [0, 0.1) is 17.8 Å². The fraction of sp³-hybridized carbons (Fsp3) is 1.00. The molecule has 0 aromatic heterocycles. The van der Waals surface area contributed by atoms with Gasteiger partial charge in [-0.2, -0.15) is 0 Å². The van der Waals surface area contributed by atoms with Crippen LogP contribution in [0.15, 0.2) is 0 Å². The lowest BCUT2D eigenvalue weighted by Crippen LogP contribution is -2.19. The first-order valence-electron chi connectivity index (χ1n) is 7.27.